The highest BCUT2D eigenvalue weighted by atomic mass is 32.1. The molecular formula is C18H17N5O2S. The van der Waals surface area contributed by atoms with Gasteiger partial charge in [-0.3, -0.25) is 9.78 Å². The second-order valence-corrected chi connectivity index (χ2v) is 6.57. The van der Waals surface area contributed by atoms with E-state index in [2.05, 4.69) is 25.6 Å². The molecule has 0 unspecified atom stereocenters. The Morgan fingerprint density at radius 1 is 1.15 bits per heavy atom. The zero-order valence-electron chi connectivity index (χ0n) is 14.0. The SMILES string of the molecule is O=C(Nc1ccc(-c2csc(N3CCOCC3)n2)cc1)c1cnccn1. The van der Waals surface area contributed by atoms with Crippen LogP contribution in [0.15, 0.2) is 48.2 Å². The van der Waals surface area contributed by atoms with Gasteiger partial charge in [-0.1, -0.05) is 12.1 Å². The maximum absolute atomic E-state index is 12.1. The fourth-order valence-corrected chi connectivity index (χ4v) is 3.52. The van der Waals surface area contributed by atoms with Gasteiger partial charge in [0, 0.05) is 42.1 Å². The van der Waals surface area contributed by atoms with Crippen LogP contribution in [-0.4, -0.2) is 47.2 Å². The number of anilines is 2. The van der Waals surface area contributed by atoms with Crippen LogP contribution in [0.5, 0.6) is 0 Å². The highest BCUT2D eigenvalue weighted by Gasteiger charge is 2.15. The number of carbonyl (C=O) groups excluding carboxylic acids is 1. The number of nitrogens with one attached hydrogen (secondary N) is 1. The number of hydrogen-bond donors (Lipinski definition) is 1. The minimum absolute atomic E-state index is 0.283. The van der Waals surface area contributed by atoms with Crippen LogP contribution >= 0.6 is 11.3 Å². The molecule has 0 atom stereocenters. The molecule has 0 aliphatic carbocycles. The molecule has 1 aliphatic heterocycles. The summed E-state index contributed by atoms with van der Waals surface area (Å²) in [6.07, 6.45) is 4.46. The molecular weight excluding hydrogens is 350 g/mol. The number of carbonyl (C=O) groups is 1. The Labute approximate surface area is 154 Å². The van der Waals surface area contributed by atoms with Gasteiger partial charge >= 0.3 is 0 Å². The van der Waals surface area contributed by atoms with Gasteiger partial charge in [-0.05, 0) is 12.1 Å². The molecule has 8 heteroatoms. The highest BCUT2D eigenvalue weighted by molar-refractivity contribution is 7.14. The number of morpholine rings is 1. The Kier molecular flexibility index (Phi) is 4.85. The fourth-order valence-electron chi connectivity index (χ4n) is 2.63. The summed E-state index contributed by atoms with van der Waals surface area (Å²) >= 11 is 1.64. The molecule has 1 aromatic carbocycles. The third kappa shape index (κ3) is 3.71. The van der Waals surface area contributed by atoms with Crippen molar-refractivity contribution in [3.05, 3.63) is 53.9 Å². The third-order valence-corrected chi connectivity index (χ3v) is 4.91. The molecule has 1 fully saturated rings. The molecule has 4 rings (SSSR count). The standard InChI is InChI=1S/C18H17N5O2S/c24-17(15-11-19-5-6-20-15)21-14-3-1-13(2-4-14)16-12-26-18(22-16)23-7-9-25-10-8-23/h1-6,11-12H,7-10H2,(H,21,24). The van der Waals surface area contributed by atoms with Gasteiger partial charge in [-0.25, -0.2) is 9.97 Å². The summed E-state index contributed by atoms with van der Waals surface area (Å²) < 4.78 is 5.38. The lowest BCUT2D eigenvalue weighted by Gasteiger charge is -2.26. The predicted molar refractivity (Wildman–Crippen MR) is 101 cm³/mol. The van der Waals surface area contributed by atoms with Crippen LogP contribution in [0.1, 0.15) is 10.5 Å². The van der Waals surface area contributed by atoms with Crippen molar-refractivity contribution in [2.24, 2.45) is 0 Å². The van der Waals surface area contributed by atoms with Gasteiger partial charge in [-0.2, -0.15) is 0 Å². The van der Waals surface area contributed by atoms with Gasteiger partial charge in [0.2, 0.25) is 0 Å². The van der Waals surface area contributed by atoms with Crippen LogP contribution in [0.3, 0.4) is 0 Å². The molecule has 26 heavy (non-hydrogen) atoms. The lowest BCUT2D eigenvalue weighted by molar-refractivity contribution is 0.102. The summed E-state index contributed by atoms with van der Waals surface area (Å²) in [5.74, 6) is -0.283. The van der Waals surface area contributed by atoms with Gasteiger partial charge in [0.15, 0.2) is 5.13 Å². The van der Waals surface area contributed by atoms with Crippen LogP contribution in [-0.2, 0) is 4.74 Å². The number of ether oxygens (including phenoxy) is 1. The van der Waals surface area contributed by atoms with E-state index in [1.165, 1.54) is 18.6 Å². The maximum atomic E-state index is 12.1. The number of amides is 1. The van der Waals surface area contributed by atoms with Crippen molar-refractivity contribution in [2.75, 3.05) is 36.5 Å². The van der Waals surface area contributed by atoms with E-state index in [0.29, 0.717) is 5.69 Å². The van der Waals surface area contributed by atoms with Crippen LogP contribution in [0, 0.1) is 0 Å². The number of hydrogen-bond acceptors (Lipinski definition) is 7. The van der Waals surface area contributed by atoms with Crippen LogP contribution < -0.4 is 10.2 Å². The molecule has 3 aromatic rings. The maximum Gasteiger partial charge on any atom is 0.275 e. The largest absolute Gasteiger partial charge is 0.378 e. The molecule has 7 nitrogen and oxygen atoms in total. The first-order valence-corrected chi connectivity index (χ1v) is 9.13. The van der Waals surface area contributed by atoms with E-state index in [-0.39, 0.29) is 11.6 Å². The van der Waals surface area contributed by atoms with Gasteiger partial charge in [-0.15, -0.1) is 11.3 Å². The van der Waals surface area contributed by atoms with Crippen molar-refractivity contribution in [1.82, 2.24) is 15.0 Å². The molecule has 0 bridgehead atoms. The van der Waals surface area contributed by atoms with E-state index < -0.39 is 0 Å². The van der Waals surface area contributed by atoms with Crippen molar-refractivity contribution < 1.29 is 9.53 Å². The lowest BCUT2D eigenvalue weighted by Crippen LogP contribution is -2.36. The molecule has 2 aromatic heterocycles. The van der Waals surface area contributed by atoms with Crippen molar-refractivity contribution >= 4 is 28.1 Å². The number of thiazole rings is 1. The topological polar surface area (TPSA) is 80.2 Å². The second kappa shape index (κ2) is 7.59. The summed E-state index contributed by atoms with van der Waals surface area (Å²) in [5, 5.41) is 5.88. The highest BCUT2D eigenvalue weighted by Crippen LogP contribution is 2.28. The lowest BCUT2D eigenvalue weighted by atomic mass is 10.1. The summed E-state index contributed by atoms with van der Waals surface area (Å²) in [7, 11) is 0. The molecule has 1 N–H and O–H groups in total. The summed E-state index contributed by atoms with van der Waals surface area (Å²) in [6.45, 7) is 3.24. The zero-order chi connectivity index (χ0) is 17.8. The van der Waals surface area contributed by atoms with E-state index in [1.807, 2.05) is 24.3 Å². The van der Waals surface area contributed by atoms with Crippen LogP contribution in [0.4, 0.5) is 10.8 Å². The monoisotopic (exact) mass is 367 g/mol. The molecule has 0 spiro atoms. The Hall–Kier alpha value is -2.84. The quantitative estimate of drug-likeness (QED) is 0.764. The van der Waals surface area contributed by atoms with Crippen molar-refractivity contribution in [3.8, 4) is 11.3 Å². The fraction of sp³-hybridized carbons (Fsp3) is 0.222. The average Bonchev–Trinajstić information content (AvgIpc) is 3.20. The predicted octanol–water partition coefficient (Wildman–Crippen LogP) is 2.69. The first kappa shape index (κ1) is 16.6. The third-order valence-electron chi connectivity index (χ3n) is 4.01. The minimum Gasteiger partial charge on any atom is -0.378 e. The van der Waals surface area contributed by atoms with Crippen LogP contribution in [0.2, 0.25) is 0 Å². The average molecular weight is 367 g/mol. The summed E-state index contributed by atoms with van der Waals surface area (Å²) in [5.41, 5.74) is 2.93. The second-order valence-electron chi connectivity index (χ2n) is 5.74. The number of nitrogens with zero attached hydrogens (tertiary/aromatic N) is 4. The first-order chi connectivity index (χ1) is 12.8. The molecule has 1 aliphatic rings. The van der Waals surface area contributed by atoms with E-state index >= 15 is 0 Å². The summed E-state index contributed by atoms with van der Waals surface area (Å²) in [6, 6.07) is 7.61. The smallest absolute Gasteiger partial charge is 0.275 e. The van der Waals surface area contributed by atoms with E-state index in [9.17, 15) is 4.79 Å². The Morgan fingerprint density at radius 2 is 1.96 bits per heavy atom. The molecule has 1 amide bonds. The Balaban J connectivity index is 1.44. The molecule has 0 radical (unpaired) electrons. The normalized spacial score (nSPS) is 14.2. The van der Waals surface area contributed by atoms with E-state index in [1.54, 1.807) is 11.3 Å². The number of rotatable bonds is 4. The van der Waals surface area contributed by atoms with Gasteiger partial charge < -0.3 is 15.0 Å². The minimum atomic E-state index is -0.283. The zero-order valence-corrected chi connectivity index (χ0v) is 14.8. The van der Waals surface area contributed by atoms with E-state index in [0.717, 1.165) is 42.7 Å². The van der Waals surface area contributed by atoms with Crippen molar-refractivity contribution in [2.45, 2.75) is 0 Å². The van der Waals surface area contributed by atoms with Gasteiger partial charge in [0.25, 0.3) is 5.91 Å². The summed E-state index contributed by atoms with van der Waals surface area (Å²) in [4.78, 5) is 27.0. The van der Waals surface area contributed by atoms with Crippen molar-refractivity contribution in [3.63, 3.8) is 0 Å². The van der Waals surface area contributed by atoms with Crippen LogP contribution in [0.25, 0.3) is 11.3 Å². The van der Waals surface area contributed by atoms with Gasteiger partial charge in [0.05, 0.1) is 25.1 Å². The van der Waals surface area contributed by atoms with Gasteiger partial charge in [0.1, 0.15) is 5.69 Å². The molecule has 0 saturated carbocycles. The number of benzene rings is 1. The first-order valence-electron chi connectivity index (χ1n) is 8.25. The van der Waals surface area contributed by atoms with E-state index in [4.69, 9.17) is 9.72 Å². The molecule has 132 valence electrons. The molecule has 1 saturated heterocycles. The van der Waals surface area contributed by atoms with Crippen molar-refractivity contribution in [1.29, 1.82) is 0 Å². The Morgan fingerprint density at radius 3 is 2.69 bits per heavy atom. The molecule has 3 heterocycles. The Bertz CT molecular complexity index is 876. The number of aromatic nitrogens is 3.